The van der Waals surface area contributed by atoms with Crippen LogP contribution in [0.3, 0.4) is 0 Å². The van der Waals surface area contributed by atoms with Gasteiger partial charge in [0.05, 0.1) is 6.54 Å². The third kappa shape index (κ3) is 2.84. The molecule has 1 aliphatic rings. The van der Waals surface area contributed by atoms with E-state index in [1.54, 1.807) is 0 Å². The summed E-state index contributed by atoms with van der Waals surface area (Å²) >= 11 is 0. The maximum absolute atomic E-state index is 5.75. The van der Waals surface area contributed by atoms with E-state index in [1.165, 1.54) is 5.01 Å². The minimum Gasteiger partial charge on any atom is -0.486 e. The molecule has 1 aliphatic heterocycles. The van der Waals surface area contributed by atoms with Crippen LogP contribution in [0.5, 0.6) is 11.5 Å². The maximum Gasteiger partial charge on any atom is 0.205 e. The molecule has 0 amide bonds. The van der Waals surface area contributed by atoms with Gasteiger partial charge in [0.1, 0.15) is 6.61 Å². The Morgan fingerprint density at radius 2 is 2.17 bits per heavy atom. The Balaban J connectivity index is 1.94. The highest BCUT2D eigenvalue weighted by atomic mass is 16.6. The molecule has 0 saturated carbocycles. The van der Waals surface area contributed by atoms with Gasteiger partial charge in [0.15, 0.2) is 17.6 Å². The number of ether oxygens (including phenoxy) is 2. The highest BCUT2D eigenvalue weighted by Crippen LogP contribution is 2.30. The first kappa shape index (κ1) is 12.5. The molecule has 4 N–H and O–H groups in total. The van der Waals surface area contributed by atoms with Crippen molar-refractivity contribution >= 4 is 5.96 Å². The van der Waals surface area contributed by atoms with Gasteiger partial charge in [0, 0.05) is 6.54 Å². The second-order valence-corrected chi connectivity index (χ2v) is 3.98. The Bertz CT molecular complexity index is 436. The van der Waals surface area contributed by atoms with E-state index in [2.05, 4.69) is 4.99 Å². The van der Waals surface area contributed by atoms with Gasteiger partial charge < -0.3 is 15.2 Å². The summed E-state index contributed by atoms with van der Waals surface area (Å²) in [6.45, 7) is 3.40. The molecule has 1 aromatic rings. The zero-order chi connectivity index (χ0) is 13.0. The Labute approximate surface area is 106 Å². The van der Waals surface area contributed by atoms with Gasteiger partial charge in [-0.15, -0.1) is 0 Å². The Hall–Kier alpha value is -1.95. The summed E-state index contributed by atoms with van der Waals surface area (Å²) in [5.74, 6) is 7.42. The van der Waals surface area contributed by atoms with Gasteiger partial charge in [-0.3, -0.25) is 5.01 Å². The third-order valence-electron chi connectivity index (χ3n) is 2.66. The molecule has 1 heterocycles. The molecular weight excluding hydrogens is 232 g/mol. The lowest BCUT2D eigenvalue weighted by molar-refractivity contribution is 0.0970. The largest absolute Gasteiger partial charge is 0.486 e. The average molecular weight is 250 g/mol. The second-order valence-electron chi connectivity index (χ2n) is 3.98. The van der Waals surface area contributed by atoms with E-state index in [-0.39, 0.29) is 6.10 Å². The van der Waals surface area contributed by atoms with Gasteiger partial charge >= 0.3 is 0 Å². The van der Waals surface area contributed by atoms with Crippen LogP contribution in [0.4, 0.5) is 0 Å². The number of hydrazine groups is 1. The lowest BCUT2D eigenvalue weighted by Crippen LogP contribution is -2.43. The Morgan fingerprint density at radius 3 is 2.89 bits per heavy atom. The highest BCUT2D eigenvalue weighted by molar-refractivity contribution is 5.77. The topological polar surface area (TPSA) is 86.1 Å². The molecule has 0 saturated heterocycles. The van der Waals surface area contributed by atoms with Gasteiger partial charge in [0.25, 0.3) is 0 Å². The van der Waals surface area contributed by atoms with Gasteiger partial charge in [0.2, 0.25) is 5.96 Å². The molecule has 0 aliphatic carbocycles. The van der Waals surface area contributed by atoms with Crippen LogP contribution in [0.15, 0.2) is 29.3 Å². The van der Waals surface area contributed by atoms with Gasteiger partial charge in [-0.25, -0.2) is 10.8 Å². The number of nitrogens with two attached hydrogens (primary N) is 2. The molecule has 1 unspecified atom stereocenters. The summed E-state index contributed by atoms with van der Waals surface area (Å²) in [5, 5.41) is 1.39. The molecule has 98 valence electrons. The van der Waals surface area contributed by atoms with Crippen molar-refractivity contribution in [3.8, 4) is 11.5 Å². The number of fused-ring (bicyclic) bond motifs is 1. The molecule has 0 aromatic heterocycles. The van der Waals surface area contributed by atoms with Crippen LogP contribution in [0.2, 0.25) is 0 Å². The number of aliphatic imine (C=N–C) groups is 1. The van der Waals surface area contributed by atoms with E-state index in [4.69, 9.17) is 21.1 Å². The van der Waals surface area contributed by atoms with Crippen molar-refractivity contribution in [1.29, 1.82) is 0 Å². The van der Waals surface area contributed by atoms with Crippen molar-refractivity contribution in [3.63, 3.8) is 0 Å². The van der Waals surface area contributed by atoms with Crippen molar-refractivity contribution in [1.82, 2.24) is 5.01 Å². The predicted molar refractivity (Wildman–Crippen MR) is 69.4 cm³/mol. The molecule has 0 spiro atoms. The monoisotopic (exact) mass is 250 g/mol. The van der Waals surface area contributed by atoms with Crippen molar-refractivity contribution in [2.45, 2.75) is 13.0 Å². The van der Waals surface area contributed by atoms with Gasteiger partial charge in [-0.05, 0) is 19.1 Å². The minimum absolute atomic E-state index is 0.135. The molecule has 1 aromatic carbocycles. The minimum atomic E-state index is -0.135. The van der Waals surface area contributed by atoms with E-state index in [9.17, 15) is 0 Å². The fraction of sp³-hybridized carbons (Fsp3) is 0.417. The summed E-state index contributed by atoms with van der Waals surface area (Å²) in [4.78, 5) is 4.18. The number of rotatable bonds is 3. The van der Waals surface area contributed by atoms with E-state index in [1.807, 2.05) is 31.2 Å². The molecule has 0 fully saturated rings. The van der Waals surface area contributed by atoms with Crippen LogP contribution in [0.1, 0.15) is 6.92 Å². The van der Waals surface area contributed by atoms with Crippen LogP contribution in [-0.2, 0) is 0 Å². The normalized spacial score (nSPS) is 18.6. The van der Waals surface area contributed by atoms with Crippen LogP contribution in [0, 0.1) is 0 Å². The molecule has 2 rings (SSSR count). The molecular formula is C12H18N4O2. The summed E-state index contributed by atoms with van der Waals surface area (Å²) in [6.07, 6.45) is -0.135. The predicted octanol–water partition coefficient (Wildman–Crippen LogP) is 0.337. The number of hydrogen-bond acceptors (Lipinski definition) is 4. The second kappa shape index (κ2) is 5.59. The van der Waals surface area contributed by atoms with E-state index in [0.717, 1.165) is 11.5 Å². The Kier molecular flexibility index (Phi) is 3.88. The van der Waals surface area contributed by atoms with Crippen LogP contribution < -0.4 is 21.1 Å². The van der Waals surface area contributed by atoms with Crippen molar-refractivity contribution in [2.75, 3.05) is 19.7 Å². The fourth-order valence-electron chi connectivity index (χ4n) is 1.60. The first-order valence-corrected chi connectivity index (χ1v) is 5.91. The molecule has 1 atom stereocenters. The maximum atomic E-state index is 5.75. The number of benzene rings is 1. The average Bonchev–Trinajstić information content (AvgIpc) is 2.43. The molecule has 6 nitrogen and oxygen atoms in total. The quantitative estimate of drug-likeness (QED) is 0.349. The van der Waals surface area contributed by atoms with Crippen LogP contribution in [-0.4, -0.2) is 36.8 Å². The smallest absolute Gasteiger partial charge is 0.205 e. The number of hydrogen-bond donors (Lipinski definition) is 2. The molecule has 6 heteroatoms. The molecule has 0 bridgehead atoms. The molecule has 18 heavy (non-hydrogen) atoms. The molecule has 0 radical (unpaired) electrons. The van der Waals surface area contributed by atoms with Crippen molar-refractivity contribution < 1.29 is 9.47 Å². The zero-order valence-corrected chi connectivity index (χ0v) is 10.4. The fourth-order valence-corrected chi connectivity index (χ4v) is 1.60. The summed E-state index contributed by atoms with van der Waals surface area (Å²) in [5.41, 5.74) is 5.69. The van der Waals surface area contributed by atoms with Crippen LogP contribution in [0.25, 0.3) is 0 Å². The van der Waals surface area contributed by atoms with E-state index < -0.39 is 0 Å². The first-order valence-electron chi connectivity index (χ1n) is 5.91. The number of nitrogens with zero attached hydrogens (tertiary/aromatic N) is 2. The third-order valence-corrected chi connectivity index (χ3v) is 2.66. The number of guanidine groups is 1. The summed E-state index contributed by atoms with van der Waals surface area (Å²) in [6, 6.07) is 7.56. The highest BCUT2D eigenvalue weighted by Gasteiger charge is 2.20. The summed E-state index contributed by atoms with van der Waals surface area (Å²) < 4.78 is 11.3. The van der Waals surface area contributed by atoms with Crippen molar-refractivity contribution in [3.05, 3.63) is 24.3 Å². The van der Waals surface area contributed by atoms with E-state index >= 15 is 0 Å². The lowest BCUT2D eigenvalue weighted by Gasteiger charge is -2.25. The number of para-hydroxylation sites is 2. The van der Waals surface area contributed by atoms with Crippen molar-refractivity contribution in [2.24, 2.45) is 16.6 Å². The van der Waals surface area contributed by atoms with Gasteiger partial charge in [-0.2, -0.15) is 0 Å². The van der Waals surface area contributed by atoms with E-state index in [0.29, 0.717) is 25.7 Å². The van der Waals surface area contributed by atoms with Crippen LogP contribution >= 0.6 is 0 Å². The summed E-state index contributed by atoms with van der Waals surface area (Å²) in [7, 11) is 0. The van der Waals surface area contributed by atoms with Gasteiger partial charge in [-0.1, -0.05) is 12.1 Å². The SMILES string of the molecule is CCN(N)C(N)=NCC1COc2ccccc2O1. The first-order chi connectivity index (χ1) is 8.70. The lowest BCUT2D eigenvalue weighted by atomic mass is 10.2. The Morgan fingerprint density at radius 1 is 1.44 bits per heavy atom. The zero-order valence-electron chi connectivity index (χ0n) is 10.4. The standard InChI is InChI=1S/C12H18N4O2/c1-2-16(14)12(13)15-7-9-8-17-10-5-3-4-6-11(10)18-9/h3-6,9H,2,7-8,14H2,1H3,(H2,13,15).